The van der Waals surface area contributed by atoms with Crippen LogP contribution in [-0.2, 0) is 6.54 Å². The zero-order valence-corrected chi connectivity index (χ0v) is 8.69. The van der Waals surface area contributed by atoms with Crippen molar-refractivity contribution in [2.24, 2.45) is 5.92 Å². The molecule has 1 aromatic rings. The lowest BCUT2D eigenvalue weighted by Gasteiger charge is -2.18. The molecule has 0 aromatic carbocycles. The van der Waals surface area contributed by atoms with Crippen LogP contribution in [0, 0.1) is 12.8 Å². The number of aromatic nitrogens is 2. The van der Waals surface area contributed by atoms with Crippen molar-refractivity contribution in [2.75, 3.05) is 0 Å². The van der Waals surface area contributed by atoms with Gasteiger partial charge in [0.25, 0.3) is 0 Å². The molecule has 78 valence electrons. The zero-order valence-electron chi connectivity index (χ0n) is 8.69. The van der Waals surface area contributed by atoms with Crippen molar-refractivity contribution in [2.45, 2.75) is 45.3 Å². The van der Waals surface area contributed by atoms with Crippen molar-refractivity contribution in [3.63, 3.8) is 0 Å². The molecule has 1 aliphatic carbocycles. The van der Waals surface area contributed by atoms with Crippen LogP contribution in [0.2, 0.25) is 0 Å². The molecule has 0 saturated heterocycles. The van der Waals surface area contributed by atoms with E-state index >= 15 is 0 Å². The fourth-order valence-corrected chi connectivity index (χ4v) is 2.29. The van der Waals surface area contributed by atoms with E-state index in [4.69, 9.17) is 0 Å². The van der Waals surface area contributed by atoms with Gasteiger partial charge in [0.05, 0.1) is 6.10 Å². The summed E-state index contributed by atoms with van der Waals surface area (Å²) in [5.41, 5.74) is 0. The lowest BCUT2D eigenvalue weighted by Crippen LogP contribution is -2.24. The molecule has 0 radical (unpaired) electrons. The fourth-order valence-electron chi connectivity index (χ4n) is 2.29. The topological polar surface area (TPSA) is 38.0 Å². The van der Waals surface area contributed by atoms with Crippen LogP contribution in [0.4, 0.5) is 0 Å². The van der Waals surface area contributed by atoms with Gasteiger partial charge in [-0.2, -0.15) is 0 Å². The summed E-state index contributed by atoms with van der Waals surface area (Å²) < 4.78 is 2.03. The predicted molar refractivity (Wildman–Crippen MR) is 54.9 cm³/mol. The minimum absolute atomic E-state index is 0.189. The van der Waals surface area contributed by atoms with Crippen molar-refractivity contribution >= 4 is 0 Å². The smallest absolute Gasteiger partial charge is 0.105 e. The number of aliphatic hydroxyl groups is 1. The molecule has 1 fully saturated rings. The van der Waals surface area contributed by atoms with E-state index in [-0.39, 0.29) is 6.10 Å². The monoisotopic (exact) mass is 194 g/mol. The van der Waals surface area contributed by atoms with Crippen LogP contribution in [0.25, 0.3) is 0 Å². The molecule has 1 unspecified atom stereocenters. The maximum Gasteiger partial charge on any atom is 0.105 e. The number of hydrogen-bond donors (Lipinski definition) is 1. The quantitative estimate of drug-likeness (QED) is 0.796. The molecule has 2 rings (SSSR count). The number of aliphatic hydroxyl groups excluding tert-OH is 1. The van der Waals surface area contributed by atoms with Crippen LogP contribution in [-0.4, -0.2) is 20.8 Å². The summed E-state index contributed by atoms with van der Waals surface area (Å²) in [6.07, 6.45) is 8.48. The van der Waals surface area contributed by atoms with Gasteiger partial charge < -0.3 is 9.67 Å². The van der Waals surface area contributed by atoms with Crippen LogP contribution in [0.3, 0.4) is 0 Å². The Balaban J connectivity index is 1.93. The minimum Gasteiger partial charge on any atom is -0.391 e. The molecule has 0 aliphatic heterocycles. The Bertz CT molecular complexity index is 289. The highest BCUT2D eigenvalue weighted by molar-refractivity contribution is 4.90. The first-order chi connectivity index (χ1) is 6.77. The van der Waals surface area contributed by atoms with E-state index in [2.05, 4.69) is 4.98 Å². The molecule has 1 N–H and O–H groups in total. The highest BCUT2D eigenvalue weighted by Crippen LogP contribution is 2.28. The van der Waals surface area contributed by atoms with Gasteiger partial charge in [0.2, 0.25) is 0 Å². The lowest BCUT2D eigenvalue weighted by molar-refractivity contribution is 0.0924. The SMILES string of the molecule is Cc1nccn1CC(O)C1CCCC1. The van der Waals surface area contributed by atoms with Gasteiger partial charge in [-0.3, -0.25) is 0 Å². The number of aryl methyl sites for hydroxylation is 1. The van der Waals surface area contributed by atoms with Gasteiger partial charge in [0.15, 0.2) is 0 Å². The van der Waals surface area contributed by atoms with E-state index in [0.717, 1.165) is 5.82 Å². The van der Waals surface area contributed by atoms with Crippen molar-refractivity contribution in [1.82, 2.24) is 9.55 Å². The van der Waals surface area contributed by atoms with Crippen LogP contribution in [0.1, 0.15) is 31.5 Å². The second kappa shape index (κ2) is 4.13. The molecule has 1 heterocycles. The highest BCUT2D eigenvalue weighted by Gasteiger charge is 2.23. The Morgan fingerprint density at radius 2 is 2.29 bits per heavy atom. The molecular formula is C11H18N2O. The summed E-state index contributed by atoms with van der Waals surface area (Å²) >= 11 is 0. The molecule has 1 aliphatic rings. The number of nitrogens with zero attached hydrogens (tertiary/aromatic N) is 2. The Kier molecular flexibility index (Phi) is 2.87. The summed E-state index contributed by atoms with van der Waals surface area (Å²) in [6.45, 7) is 2.68. The zero-order chi connectivity index (χ0) is 9.97. The van der Waals surface area contributed by atoms with Crippen LogP contribution >= 0.6 is 0 Å². The first-order valence-electron chi connectivity index (χ1n) is 5.43. The third-order valence-corrected chi connectivity index (χ3v) is 3.25. The molecule has 3 nitrogen and oxygen atoms in total. The Morgan fingerprint density at radius 1 is 1.57 bits per heavy atom. The Labute approximate surface area is 84.8 Å². The third kappa shape index (κ3) is 1.98. The predicted octanol–water partition coefficient (Wildman–Crippen LogP) is 1.74. The standard InChI is InChI=1S/C11H18N2O/c1-9-12-6-7-13(9)8-11(14)10-4-2-3-5-10/h6-7,10-11,14H,2-5,8H2,1H3. The molecule has 0 spiro atoms. The lowest BCUT2D eigenvalue weighted by atomic mass is 10.0. The first kappa shape index (κ1) is 9.71. The van der Waals surface area contributed by atoms with Gasteiger partial charge in [-0.25, -0.2) is 4.98 Å². The maximum absolute atomic E-state index is 10.00. The molecule has 0 bridgehead atoms. The summed E-state index contributed by atoms with van der Waals surface area (Å²) in [6, 6.07) is 0. The number of imidazole rings is 1. The largest absolute Gasteiger partial charge is 0.391 e. The van der Waals surface area contributed by atoms with E-state index in [0.29, 0.717) is 12.5 Å². The van der Waals surface area contributed by atoms with Crippen molar-refractivity contribution < 1.29 is 5.11 Å². The van der Waals surface area contributed by atoms with Crippen LogP contribution < -0.4 is 0 Å². The van der Waals surface area contributed by atoms with Gasteiger partial charge in [-0.15, -0.1) is 0 Å². The Hall–Kier alpha value is -0.830. The first-order valence-corrected chi connectivity index (χ1v) is 5.43. The average molecular weight is 194 g/mol. The van der Waals surface area contributed by atoms with E-state index in [1.54, 1.807) is 6.20 Å². The molecule has 1 saturated carbocycles. The van der Waals surface area contributed by atoms with Gasteiger partial charge >= 0.3 is 0 Å². The van der Waals surface area contributed by atoms with E-state index in [9.17, 15) is 5.11 Å². The van der Waals surface area contributed by atoms with Gasteiger partial charge in [-0.05, 0) is 25.7 Å². The van der Waals surface area contributed by atoms with E-state index < -0.39 is 0 Å². The second-order valence-electron chi connectivity index (χ2n) is 4.24. The van der Waals surface area contributed by atoms with E-state index in [1.807, 2.05) is 17.7 Å². The van der Waals surface area contributed by atoms with Crippen molar-refractivity contribution in [1.29, 1.82) is 0 Å². The number of hydrogen-bond acceptors (Lipinski definition) is 2. The summed E-state index contributed by atoms with van der Waals surface area (Å²) in [5.74, 6) is 1.50. The van der Waals surface area contributed by atoms with Gasteiger partial charge in [0, 0.05) is 18.9 Å². The van der Waals surface area contributed by atoms with Crippen molar-refractivity contribution in [3.05, 3.63) is 18.2 Å². The molecule has 14 heavy (non-hydrogen) atoms. The average Bonchev–Trinajstić information content (AvgIpc) is 2.77. The summed E-state index contributed by atoms with van der Waals surface area (Å²) in [5, 5.41) is 10.00. The fraction of sp³-hybridized carbons (Fsp3) is 0.727. The molecule has 0 amide bonds. The van der Waals surface area contributed by atoms with Gasteiger partial charge in [-0.1, -0.05) is 12.8 Å². The summed E-state index contributed by atoms with van der Waals surface area (Å²) in [4.78, 5) is 4.15. The van der Waals surface area contributed by atoms with Crippen molar-refractivity contribution in [3.8, 4) is 0 Å². The second-order valence-corrected chi connectivity index (χ2v) is 4.24. The van der Waals surface area contributed by atoms with E-state index in [1.165, 1.54) is 25.7 Å². The third-order valence-electron chi connectivity index (χ3n) is 3.25. The highest BCUT2D eigenvalue weighted by atomic mass is 16.3. The maximum atomic E-state index is 10.00. The van der Waals surface area contributed by atoms with Gasteiger partial charge in [0.1, 0.15) is 5.82 Å². The normalized spacial score (nSPS) is 20.1. The molecule has 1 atom stereocenters. The van der Waals surface area contributed by atoms with Crippen LogP contribution in [0.5, 0.6) is 0 Å². The molecule has 3 heteroatoms. The summed E-state index contributed by atoms with van der Waals surface area (Å²) in [7, 11) is 0. The van der Waals surface area contributed by atoms with Crippen LogP contribution in [0.15, 0.2) is 12.4 Å². The Morgan fingerprint density at radius 3 is 2.86 bits per heavy atom. The number of rotatable bonds is 3. The molecular weight excluding hydrogens is 176 g/mol. The molecule has 1 aromatic heterocycles. The minimum atomic E-state index is -0.189.